The molecule has 29 heavy (non-hydrogen) atoms. The Morgan fingerprint density at radius 3 is 2.21 bits per heavy atom. The number of anilines is 2. The van der Waals surface area contributed by atoms with E-state index < -0.39 is 21.7 Å². The number of halogens is 2. The number of morpholine rings is 1. The predicted molar refractivity (Wildman–Crippen MR) is 102 cm³/mol. The van der Waals surface area contributed by atoms with Gasteiger partial charge in [-0.3, -0.25) is 0 Å². The summed E-state index contributed by atoms with van der Waals surface area (Å²) >= 11 is 0. The fourth-order valence-electron chi connectivity index (χ4n) is 3.42. The fraction of sp³-hybridized carbons (Fsp3) is 0.444. The standard InChI is InChI=1S/C18H21F2N5O3S/c19-14-11-15(20)13-16(12-14)29(26,27)25-5-3-23(4-6-25)17-1-2-21-18(22-17)24-7-9-28-10-8-24/h1-2,11-13H,3-10H2. The van der Waals surface area contributed by atoms with Gasteiger partial charge in [0.05, 0.1) is 18.1 Å². The molecule has 2 fully saturated rings. The SMILES string of the molecule is O=S(=O)(c1cc(F)cc(F)c1)N1CCN(c2ccnc(N3CCOCC3)n2)CC1. The van der Waals surface area contributed by atoms with Gasteiger partial charge in [-0.15, -0.1) is 0 Å². The van der Waals surface area contributed by atoms with Crippen molar-refractivity contribution in [2.45, 2.75) is 4.90 Å². The van der Waals surface area contributed by atoms with Crippen molar-refractivity contribution < 1.29 is 21.9 Å². The van der Waals surface area contributed by atoms with Crippen LogP contribution in [0.5, 0.6) is 0 Å². The van der Waals surface area contributed by atoms with E-state index in [1.165, 1.54) is 4.31 Å². The first-order chi connectivity index (χ1) is 13.9. The number of piperazine rings is 1. The largest absolute Gasteiger partial charge is 0.378 e. The monoisotopic (exact) mass is 425 g/mol. The molecule has 0 bridgehead atoms. The summed E-state index contributed by atoms with van der Waals surface area (Å²) in [5, 5.41) is 0. The number of ether oxygens (including phenoxy) is 1. The number of hydrogen-bond donors (Lipinski definition) is 0. The summed E-state index contributed by atoms with van der Waals surface area (Å²) < 4.78 is 58.9. The van der Waals surface area contributed by atoms with Crippen LogP contribution in [0.15, 0.2) is 35.4 Å². The molecule has 0 amide bonds. The van der Waals surface area contributed by atoms with Crippen molar-refractivity contribution in [3.05, 3.63) is 42.1 Å². The molecule has 3 heterocycles. The molecule has 156 valence electrons. The molecule has 0 spiro atoms. The van der Waals surface area contributed by atoms with Crippen LogP contribution < -0.4 is 9.80 Å². The Morgan fingerprint density at radius 1 is 0.897 bits per heavy atom. The van der Waals surface area contributed by atoms with Gasteiger partial charge in [0.15, 0.2) is 0 Å². The van der Waals surface area contributed by atoms with Gasteiger partial charge < -0.3 is 14.5 Å². The highest BCUT2D eigenvalue weighted by molar-refractivity contribution is 7.89. The van der Waals surface area contributed by atoms with Crippen LogP contribution in [0, 0.1) is 11.6 Å². The maximum Gasteiger partial charge on any atom is 0.243 e. The van der Waals surface area contributed by atoms with Crippen molar-refractivity contribution in [3.8, 4) is 0 Å². The van der Waals surface area contributed by atoms with Crippen LogP contribution in [0.25, 0.3) is 0 Å². The average Bonchev–Trinajstić information content (AvgIpc) is 2.74. The first-order valence-corrected chi connectivity index (χ1v) is 10.7. The summed E-state index contributed by atoms with van der Waals surface area (Å²) in [6.07, 6.45) is 1.69. The Bertz CT molecular complexity index is 957. The van der Waals surface area contributed by atoms with Crippen molar-refractivity contribution in [2.24, 2.45) is 0 Å². The lowest BCUT2D eigenvalue weighted by atomic mass is 10.3. The van der Waals surface area contributed by atoms with Crippen LogP contribution in [0.4, 0.5) is 20.5 Å². The topological polar surface area (TPSA) is 78.9 Å². The molecule has 2 aliphatic heterocycles. The summed E-state index contributed by atoms with van der Waals surface area (Å²) in [4.78, 5) is 12.6. The molecular formula is C18H21F2N5O3S. The molecule has 1 aromatic carbocycles. The molecule has 8 nitrogen and oxygen atoms in total. The second-order valence-corrected chi connectivity index (χ2v) is 8.75. The number of hydrogen-bond acceptors (Lipinski definition) is 7. The third-order valence-electron chi connectivity index (χ3n) is 4.96. The molecular weight excluding hydrogens is 404 g/mol. The number of benzene rings is 1. The van der Waals surface area contributed by atoms with Crippen LogP contribution in [0.3, 0.4) is 0 Å². The lowest BCUT2D eigenvalue weighted by Gasteiger charge is -2.35. The summed E-state index contributed by atoms with van der Waals surface area (Å²) in [5.41, 5.74) is 0. The van der Waals surface area contributed by atoms with E-state index in [0.29, 0.717) is 38.3 Å². The lowest BCUT2D eigenvalue weighted by Crippen LogP contribution is -2.49. The molecule has 0 atom stereocenters. The van der Waals surface area contributed by atoms with E-state index in [2.05, 4.69) is 9.97 Å². The van der Waals surface area contributed by atoms with Gasteiger partial charge in [-0.25, -0.2) is 22.2 Å². The summed E-state index contributed by atoms with van der Waals surface area (Å²) in [6, 6.07) is 4.11. The van der Waals surface area contributed by atoms with Gasteiger partial charge in [-0.2, -0.15) is 9.29 Å². The first-order valence-electron chi connectivity index (χ1n) is 9.30. The van der Waals surface area contributed by atoms with Gasteiger partial charge in [0.1, 0.15) is 17.5 Å². The Kier molecular flexibility index (Phi) is 5.61. The highest BCUT2D eigenvalue weighted by Gasteiger charge is 2.30. The molecule has 0 saturated carbocycles. The molecule has 0 N–H and O–H groups in total. The number of sulfonamides is 1. The Hall–Kier alpha value is -2.37. The zero-order valence-corrected chi connectivity index (χ0v) is 16.5. The lowest BCUT2D eigenvalue weighted by molar-refractivity contribution is 0.122. The Labute approximate surface area is 167 Å². The van der Waals surface area contributed by atoms with Gasteiger partial charge in [-0.1, -0.05) is 0 Å². The first kappa shape index (κ1) is 19.9. The van der Waals surface area contributed by atoms with Gasteiger partial charge in [-0.05, 0) is 18.2 Å². The number of rotatable bonds is 4. The van der Waals surface area contributed by atoms with Gasteiger partial charge in [0.25, 0.3) is 0 Å². The third kappa shape index (κ3) is 4.31. The zero-order chi connectivity index (χ0) is 20.4. The van der Waals surface area contributed by atoms with Gasteiger partial charge in [0, 0.05) is 51.5 Å². The third-order valence-corrected chi connectivity index (χ3v) is 6.83. The van der Waals surface area contributed by atoms with Crippen LogP contribution in [-0.2, 0) is 14.8 Å². The van der Waals surface area contributed by atoms with Crippen LogP contribution in [-0.4, -0.2) is 75.2 Å². The molecule has 0 radical (unpaired) electrons. The molecule has 2 saturated heterocycles. The van der Waals surface area contributed by atoms with Gasteiger partial charge in [0.2, 0.25) is 16.0 Å². The molecule has 1 aromatic heterocycles. The molecule has 2 aliphatic rings. The van der Waals surface area contributed by atoms with E-state index in [4.69, 9.17) is 4.74 Å². The van der Waals surface area contributed by atoms with Crippen molar-refractivity contribution in [3.63, 3.8) is 0 Å². The maximum absolute atomic E-state index is 13.4. The Balaban J connectivity index is 1.45. The fourth-order valence-corrected chi connectivity index (χ4v) is 4.88. The minimum Gasteiger partial charge on any atom is -0.378 e. The zero-order valence-electron chi connectivity index (χ0n) is 15.7. The van der Waals surface area contributed by atoms with E-state index in [1.54, 1.807) is 12.3 Å². The quantitative estimate of drug-likeness (QED) is 0.726. The van der Waals surface area contributed by atoms with Crippen molar-refractivity contribution in [1.82, 2.24) is 14.3 Å². The molecule has 0 aliphatic carbocycles. The summed E-state index contributed by atoms with van der Waals surface area (Å²) in [7, 11) is -3.97. The van der Waals surface area contributed by atoms with Crippen molar-refractivity contribution >= 4 is 21.8 Å². The number of aromatic nitrogens is 2. The maximum atomic E-state index is 13.4. The normalized spacial score (nSPS) is 18.8. The minimum atomic E-state index is -3.97. The minimum absolute atomic E-state index is 0.192. The smallest absolute Gasteiger partial charge is 0.243 e. The molecule has 2 aromatic rings. The predicted octanol–water partition coefficient (Wildman–Crippen LogP) is 1.10. The molecule has 0 unspecified atom stereocenters. The summed E-state index contributed by atoms with van der Waals surface area (Å²) in [5.74, 6) is -0.496. The van der Waals surface area contributed by atoms with Crippen LogP contribution in [0.2, 0.25) is 0 Å². The van der Waals surface area contributed by atoms with E-state index in [-0.39, 0.29) is 18.0 Å². The second kappa shape index (κ2) is 8.17. The van der Waals surface area contributed by atoms with Crippen molar-refractivity contribution in [2.75, 3.05) is 62.3 Å². The molecule has 4 rings (SSSR count). The Morgan fingerprint density at radius 2 is 1.55 bits per heavy atom. The number of nitrogens with zero attached hydrogens (tertiary/aromatic N) is 5. The van der Waals surface area contributed by atoms with Crippen molar-refractivity contribution in [1.29, 1.82) is 0 Å². The molecule has 11 heteroatoms. The second-order valence-electron chi connectivity index (χ2n) is 6.81. The van der Waals surface area contributed by atoms with E-state index in [9.17, 15) is 17.2 Å². The summed E-state index contributed by atoms with van der Waals surface area (Å²) in [6.45, 7) is 3.91. The van der Waals surface area contributed by atoms with E-state index in [1.807, 2.05) is 9.80 Å². The highest BCUT2D eigenvalue weighted by Crippen LogP contribution is 2.22. The van der Waals surface area contributed by atoms with E-state index >= 15 is 0 Å². The van der Waals surface area contributed by atoms with Crippen LogP contribution >= 0.6 is 0 Å². The van der Waals surface area contributed by atoms with Gasteiger partial charge >= 0.3 is 0 Å². The average molecular weight is 425 g/mol. The van der Waals surface area contributed by atoms with E-state index in [0.717, 1.165) is 31.0 Å². The van der Waals surface area contributed by atoms with Crippen LogP contribution in [0.1, 0.15) is 0 Å². The highest BCUT2D eigenvalue weighted by atomic mass is 32.2.